The van der Waals surface area contributed by atoms with E-state index in [1.807, 2.05) is 25.1 Å². The van der Waals surface area contributed by atoms with Crippen molar-refractivity contribution < 1.29 is 13.9 Å². The Labute approximate surface area is 134 Å². The van der Waals surface area contributed by atoms with E-state index in [0.29, 0.717) is 22.1 Å². The maximum Gasteiger partial charge on any atom is 0.161 e. The van der Waals surface area contributed by atoms with Gasteiger partial charge < -0.3 is 15.2 Å². The second-order valence-electron chi connectivity index (χ2n) is 5.19. The summed E-state index contributed by atoms with van der Waals surface area (Å²) in [6.45, 7) is 2.18. The highest BCUT2D eigenvalue weighted by Gasteiger charge is 2.09. The number of benzene rings is 2. The highest BCUT2D eigenvalue weighted by molar-refractivity contribution is 6.31. The first-order valence-electron chi connectivity index (χ1n) is 6.99. The highest BCUT2D eigenvalue weighted by Crippen LogP contribution is 2.30. The molecule has 2 rings (SSSR count). The van der Waals surface area contributed by atoms with Gasteiger partial charge in [-0.25, -0.2) is 4.39 Å². The molecule has 0 aliphatic rings. The summed E-state index contributed by atoms with van der Waals surface area (Å²) < 4.78 is 24.1. The molecule has 0 radical (unpaired) electrons. The smallest absolute Gasteiger partial charge is 0.161 e. The van der Waals surface area contributed by atoms with Crippen molar-refractivity contribution >= 4 is 11.6 Å². The topological polar surface area (TPSA) is 44.5 Å². The summed E-state index contributed by atoms with van der Waals surface area (Å²) >= 11 is 6.00. The Hall–Kier alpha value is -1.78. The van der Waals surface area contributed by atoms with Crippen molar-refractivity contribution in [3.63, 3.8) is 0 Å². The molecule has 3 nitrogen and oxygen atoms in total. The lowest BCUT2D eigenvalue weighted by Crippen LogP contribution is -2.17. The number of nitrogens with two attached hydrogens (primary N) is 1. The molecule has 0 aromatic heterocycles. The van der Waals surface area contributed by atoms with Crippen molar-refractivity contribution in [2.45, 2.75) is 26.0 Å². The second-order valence-corrected chi connectivity index (χ2v) is 5.60. The van der Waals surface area contributed by atoms with E-state index in [-0.39, 0.29) is 18.5 Å². The normalized spacial score (nSPS) is 12.0. The van der Waals surface area contributed by atoms with Gasteiger partial charge in [0.2, 0.25) is 0 Å². The molecule has 0 aliphatic carbocycles. The molecule has 1 atom stereocenters. The van der Waals surface area contributed by atoms with Crippen molar-refractivity contribution in [1.82, 2.24) is 0 Å². The first-order chi connectivity index (χ1) is 10.5. The van der Waals surface area contributed by atoms with E-state index in [0.717, 1.165) is 12.0 Å². The zero-order chi connectivity index (χ0) is 16.1. The predicted octanol–water partition coefficient (Wildman–Crippen LogP) is 3.96. The number of hydrogen-bond donors (Lipinski definition) is 1. The molecule has 0 saturated carbocycles. The van der Waals surface area contributed by atoms with Crippen LogP contribution in [0.15, 0.2) is 36.4 Å². The fourth-order valence-electron chi connectivity index (χ4n) is 2.13. The highest BCUT2D eigenvalue weighted by atomic mass is 35.5. The number of halogens is 2. The largest absolute Gasteiger partial charge is 0.493 e. The molecule has 0 heterocycles. The van der Waals surface area contributed by atoms with Crippen molar-refractivity contribution in [2.24, 2.45) is 5.73 Å². The van der Waals surface area contributed by atoms with Gasteiger partial charge in [-0.05, 0) is 43.2 Å². The molecule has 22 heavy (non-hydrogen) atoms. The van der Waals surface area contributed by atoms with Gasteiger partial charge in [0.05, 0.1) is 12.1 Å². The van der Waals surface area contributed by atoms with Gasteiger partial charge in [-0.3, -0.25) is 0 Å². The van der Waals surface area contributed by atoms with Crippen LogP contribution in [0.1, 0.15) is 18.1 Å². The summed E-state index contributed by atoms with van der Waals surface area (Å²) in [5, 5.41) is 0.339. The van der Waals surface area contributed by atoms with Gasteiger partial charge in [0.25, 0.3) is 0 Å². The van der Waals surface area contributed by atoms with Crippen LogP contribution in [0.5, 0.6) is 11.5 Å². The summed E-state index contributed by atoms with van der Waals surface area (Å²) in [4.78, 5) is 0. The van der Waals surface area contributed by atoms with Gasteiger partial charge in [-0.2, -0.15) is 0 Å². The minimum absolute atomic E-state index is 0.0628. The number of rotatable bonds is 6. The Morgan fingerprint density at radius 3 is 2.59 bits per heavy atom. The summed E-state index contributed by atoms with van der Waals surface area (Å²) in [7, 11) is 1.58. The quantitative estimate of drug-likeness (QED) is 0.875. The van der Waals surface area contributed by atoms with E-state index in [1.165, 1.54) is 12.1 Å². The molecule has 5 heteroatoms. The SMILES string of the molecule is COc1ccc(CC(C)N)cc1OCc1ccc(F)cc1Cl. The van der Waals surface area contributed by atoms with Crippen molar-refractivity contribution in [3.8, 4) is 11.5 Å². The molecule has 118 valence electrons. The third-order valence-electron chi connectivity index (χ3n) is 3.18. The fourth-order valence-corrected chi connectivity index (χ4v) is 2.35. The molecule has 0 saturated heterocycles. The maximum absolute atomic E-state index is 13.0. The van der Waals surface area contributed by atoms with Crippen LogP contribution in [-0.2, 0) is 13.0 Å². The molecule has 2 aromatic carbocycles. The lowest BCUT2D eigenvalue weighted by Gasteiger charge is -2.14. The van der Waals surface area contributed by atoms with E-state index >= 15 is 0 Å². The standard InChI is InChI=1S/C17H19ClFNO2/c1-11(20)7-12-3-6-16(21-2)17(8-12)22-10-13-4-5-14(19)9-15(13)18/h3-6,8-9,11H,7,10,20H2,1-2H3. The zero-order valence-corrected chi connectivity index (χ0v) is 13.4. The van der Waals surface area contributed by atoms with Gasteiger partial charge in [0, 0.05) is 11.6 Å². The molecule has 0 fully saturated rings. The number of hydrogen-bond acceptors (Lipinski definition) is 3. The van der Waals surface area contributed by atoms with Crippen LogP contribution in [0.2, 0.25) is 5.02 Å². The van der Waals surface area contributed by atoms with Crippen molar-refractivity contribution in [1.29, 1.82) is 0 Å². The minimum atomic E-state index is -0.370. The molecular weight excluding hydrogens is 305 g/mol. The van der Waals surface area contributed by atoms with Crippen LogP contribution in [0, 0.1) is 5.82 Å². The van der Waals surface area contributed by atoms with Gasteiger partial charge in [0.15, 0.2) is 11.5 Å². The van der Waals surface area contributed by atoms with Crippen LogP contribution in [-0.4, -0.2) is 13.2 Å². The van der Waals surface area contributed by atoms with E-state index in [1.54, 1.807) is 13.2 Å². The molecular formula is C17H19ClFNO2. The first-order valence-corrected chi connectivity index (χ1v) is 7.36. The molecule has 2 aromatic rings. The average Bonchev–Trinajstić information content (AvgIpc) is 2.46. The Bertz CT molecular complexity index is 647. The monoisotopic (exact) mass is 323 g/mol. The van der Waals surface area contributed by atoms with Crippen LogP contribution in [0.25, 0.3) is 0 Å². The van der Waals surface area contributed by atoms with E-state index in [4.69, 9.17) is 26.8 Å². The molecule has 2 N–H and O–H groups in total. The lowest BCUT2D eigenvalue weighted by atomic mass is 10.1. The van der Waals surface area contributed by atoms with Crippen LogP contribution in [0.4, 0.5) is 4.39 Å². The first kappa shape index (κ1) is 16.6. The Morgan fingerprint density at radius 1 is 1.18 bits per heavy atom. The fraction of sp³-hybridized carbons (Fsp3) is 0.294. The number of ether oxygens (including phenoxy) is 2. The van der Waals surface area contributed by atoms with Crippen LogP contribution < -0.4 is 15.2 Å². The Kier molecular flexibility index (Phi) is 5.63. The average molecular weight is 324 g/mol. The Balaban J connectivity index is 2.16. The second kappa shape index (κ2) is 7.47. The molecule has 0 amide bonds. The zero-order valence-electron chi connectivity index (χ0n) is 12.6. The molecule has 0 aliphatic heterocycles. The third-order valence-corrected chi connectivity index (χ3v) is 3.54. The predicted molar refractivity (Wildman–Crippen MR) is 86.1 cm³/mol. The van der Waals surface area contributed by atoms with E-state index in [9.17, 15) is 4.39 Å². The summed E-state index contributed by atoms with van der Waals surface area (Å²) in [5.41, 5.74) is 7.60. The molecule has 0 spiro atoms. The van der Waals surface area contributed by atoms with Crippen molar-refractivity contribution in [2.75, 3.05) is 7.11 Å². The minimum Gasteiger partial charge on any atom is -0.493 e. The number of methoxy groups -OCH3 is 1. The van der Waals surface area contributed by atoms with Crippen molar-refractivity contribution in [3.05, 3.63) is 58.4 Å². The summed E-state index contributed by atoms with van der Waals surface area (Å²) in [6.07, 6.45) is 0.748. The van der Waals surface area contributed by atoms with Crippen LogP contribution >= 0.6 is 11.6 Å². The summed E-state index contributed by atoms with van der Waals surface area (Å²) in [5.74, 6) is 0.873. The maximum atomic E-state index is 13.0. The van der Waals surface area contributed by atoms with Gasteiger partial charge in [-0.15, -0.1) is 0 Å². The van der Waals surface area contributed by atoms with Crippen LogP contribution in [0.3, 0.4) is 0 Å². The lowest BCUT2D eigenvalue weighted by molar-refractivity contribution is 0.284. The summed E-state index contributed by atoms with van der Waals surface area (Å²) in [6, 6.07) is 10.0. The molecule has 0 bridgehead atoms. The Morgan fingerprint density at radius 2 is 1.95 bits per heavy atom. The third kappa shape index (κ3) is 4.36. The van der Waals surface area contributed by atoms with E-state index < -0.39 is 0 Å². The van der Waals surface area contributed by atoms with Gasteiger partial charge in [-0.1, -0.05) is 23.7 Å². The van der Waals surface area contributed by atoms with Gasteiger partial charge >= 0.3 is 0 Å². The van der Waals surface area contributed by atoms with E-state index in [2.05, 4.69) is 0 Å². The molecule has 1 unspecified atom stereocenters. The van der Waals surface area contributed by atoms with Gasteiger partial charge in [0.1, 0.15) is 12.4 Å².